The molecule has 5 heteroatoms. The van der Waals surface area contributed by atoms with Gasteiger partial charge in [-0.1, -0.05) is 0 Å². The van der Waals surface area contributed by atoms with Crippen LogP contribution in [0.25, 0.3) is 15.8 Å². The summed E-state index contributed by atoms with van der Waals surface area (Å²) in [6.45, 7) is 0. The quantitative estimate of drug-likeness (QED) is 0.770. The standard InChI is InChI=1S/C19H19N3OS/c23-19(21-16-10-13-4-5-15(16)20-13)12-3-6-18-14(9-12)17(11-24-18)22-7-1-2-8-22/h1-3,6-9,11,13,15-16,20H,4-5,10H2,(H,21,23)/t13-,15+,16-/m1/s1. The maximum absolute atomic E-state index is 12.7. The lowest BCUT2D eigenvalue weighted by molar-refractivity contribution is 0.0931. The number of benzene rings is 1. The lowest BCUT2D eigenvalue weighted by Crippen LogP contribution is -2.42. The van der Waals surface area contributed by atoms with Crippen LogP contribution in [0, 0.1) is 0 Å². The lowest BCUT2D eigenvalue weighted by Gasteiger charge is -2.21. The van der Waals surface area contributed by atoms with E-state index in [0.717, 1.165) is 23.1 Å². The normalized spacial score (nSPS) is 25.4. The number of nitrogens with one attached hydrogen (secondary N) is 2. The first-order chi connectivity index (χ1) is 11.8. The van der Waals surface area contributed by atoms with Crippen molar-refractivity contribution in [3.63, 3.8) is 0 Å². The third kappa shape index (κ3) is 2.27. The van der Waals surface area contributed by atoms with Crippen LogP contribution < -0.4 is 10.6 Å². The van der Waals surface area contributed by atoms with E-state index in [1.807, 2.05) is 36.7 Å². The molecule has 122 valence electrons. The van der Waals surface area contributed by atoms with Gasteiger partial charge in [-0.15, -0.1) is 11.3 Å². The lowest BCUT2D eigenvalue weighted by atomic mass is 9.95. The largest absolute Gasteiger partial charge is 0.348 e. The molecule has 1 amide bonds. The van der Waals surface area contributed by atoms with Crippen molar-refractivity contribution >= 4 is 27.3 Å². The minimum absolute atomic E-state index is 0.0425. The fourth-order valence-corrected chi connectivity index (χ4v) is 5.01. The Balaban J connectivity index is 1.44. The van der Waals surface area contributed by atoms with Gasteiger partial charge in [-0.3, -0.25) is 4.79 Å². The van der Waals surface area contributed by atoms with Gasteiger partial charge in [0.05, 0.1) is 5.69 Å². The Morgan fingerprint density at radius 1 is 1.25 bits per heavy atom. The number of thiophene rings is 1. The second kappa shape index (κ2) is 5.46. The van der Waals surface area contributed by atoms with E-state index >= 15 is 0 Å². The number of hydrogen-bond acceptors (Lipinski definition) is 3. The van der Waals surface area contributed by atoms with Gasteiger partial charge in [0.1, 0.15) is 0 Å². The van der Waals surface area contributed by atoms with Gasteiger partial charge in [-0.2, -0.15) is 0 Å². The van der Waals surface area contributed by atoms with Crippen molar-refractivity contribution in [2.75, 3.05) is 0 Å². The first-order valence-corrected chi connectivity index (χ1v) is 9.37. The van der Waals surface area contributed by atoms with Gasteiger partial charge < -0.3 is 15.2 Å². The molecule has 4 heterocycles. The zero-order valence-corrected chi connectivity index (χ0v) is 14.1. The molecule has 2 fully saturated rings. The zero-order valence-electron chi connectivity index (χ0n) is 13.2. The summed E-state index contributed by atoms with van der Waals surface area (Å²) in [6, 6.07) is 11.4. The summed E-state index contributed by atoms with van der Waals surface area (Å²) in [7, 11) is 0. The van der Waals surface area contributed by atoms with Gasteiger partial charge in [0.25, 0.3) is 5.91 Å². The summed E-state index contributed by atoms with van der Waals surface area (Å²) in [5.74, 6) is 0.0425. The molecule has 0 radical (unpaired) electrons. The Hall–Kier alpha value is -2.11. The third-order valence-corrected chi connectivity index (χ3v) is 6.27. The maximum atomic E-state index is 12.7. The Morgan fingerprint density at radius 3 is 2.88 bits per heavy atom. The van der Waals surface area contributed by atoms with Crippen LogP contribution in [0.5, 0.6) is 0 Å². The SMILES string of the molecule is O=C(N[C@@H]1C[C@H]2CC[C@@H]1N2)c1ccc2scc(-n3cccc3)c2c1. The predicted molar refractivity (Wildman–Crippen MR) is 97.0 cm³/mol. The van der Waals surface area contributed by atoms with E-state index in [1.54, 1.807) is 11.3 Å². The molecule has 2 aliphatic heterocycles. The average Bonchev–Trinajstić information content (AvgIpc) is 3.36. The number of fused-ring (bicyclic) bond motifs is 3. The Morgan fingerprint density at radius 2 is 2.12 bits per heavy atom. The van der Waals surface area contributed by atoms with E-state index in [2.05, 4.69) is 26.6 Å². The van der Waals surface area contributed by atoms with Crippen LogP contribution in [0.4, 0.5) is 0 Å². The molecular formula is C19H19N3OS. The minimum Gasteiger partial charge on any atom is -0.348 e. The molecule has 2 N–H and O–H groups in total. The monoisotopic (exact) mass is 337 g/mol. The zero-order chi connectivity index (χ0) is 16.1. The van der Waals surface area contributed by atoms with E-state index in [0.29, 0.717) is 12.1 Å². The number of carbonyl (C=O) groups excluding carboxylic acids is 1. The molecule has 3 atom stereocenters. The number of carbonyl (C=O) groups is 1. The molecule has 2 saturated heterocycles. The molecule has 4 nitrogen and oxygen atoms in total. The van der Waals surface area contributed by atoms with Gasteiger partial charge in [0, 0.05) is 51.5 Å². The number of aromatic nitrogens is 1. The first kappa shape index (κ1) is 14.3. The van der Waals surface area contributed by atoms with Crippen molar-refractivity contribution in [3.8, 4) is 5.69 Å². The van der Waals surface area contributed by atoms with Gasteiger partial charge in [0.15, 0.2) is 0 Å². The summed E-state index contributed by atoms with van der Waals surface area (Å²) in [4.78, 5) is 12.7. The van der Waals surface area contributed by atoms with Crippen molar-refractivity contribution in [2.45, 2.75) is 37.4 Å². The van der Waals surface area contributed by atoms with Gasteiger partial charge in [0.2, 0.25) is 0 Å². The molecule has 2 aliphatic rings. The fraction of sp³-hybridized carbons (Fsp3) is 0.316. The molecule has 0 saturated carbocycles. The van der Waals surface area contributed by atoms with Crippen LogP contribution in [0.15, 0.2) is 48.1 Å². The van der Waals surface area contributed by atoms with Crippen LogP contribution in [0.1, 0.15) is 29.6 Å². The highest BCUT2D eigenvalue weighted by atomic mass is 32.1. The van der Waals surface area contributed by atoms with Crippen molar-refractivity contribution in [1.29, 1.82) is 0 Å². The van der Waals surface area contributed by atoms with Crippen molar-refractivity contribution in [3.05, 3.63) is 53.7 Å². The highest BCUT2D eigenvalue weighted by molar-refractivity contribution is 7.17. The number of hydrogen-bond donors (Lipinski definition) is 2. The number of rotatable bonds is 3. The topological polar surface area (TPSA) is 46.1 Å². The summed E-state index contributed by atoms with van der Waals surface area (Å²) in [5, 5.41) is 10.1. The van der Waals surface area contributed by atoms with Gasteiger partial charge >= 0.3 is 0 Å². The third-order valence-electron chi connectivity index (χ3n) is 5.31. The van der Waals surface area contributed by atoms with Crippen LogP contribution in [0.2, 0.25) is 0 Å². The van der Waals surface area contributed by atoms with Gasteiger partial charge in [-0.25, -0.2) is 0 Å². The molecule has 2 bridgehead atoms. The van der Waals surface area contributed by atoms with Crippen molar-refractivity contribution < 1.29 is 4.79 Å². The summed E-state index contributed by atoms with van der Waals surface area (Å²) >= 11 is 1.71. The second-order valence-corrected chi connectivity index (χ2v) is 7.70. The second-order valence-electron chi connectivity index (χ2n) is 6.79. The summed E-state index contributed by atoms with van der Waals surface area (Å²) < 4.78 is 3.30. The number of nitrogens with zero attached hydrogens (tertiary/aromatic N) is 1. The molecule has 2 aromatic heterocycles. The molecule has 24 heavy (non-hydrogen) atoms. The Kier molecular flexibility index (Phi) is 3.24. The highest BCUT2D eigenvalue weighted by Gasteiger charge is 2.39. The Bertz CT molecular complexity index is 899. The van der Waals surface area contributed by atoms with E-state index in [4.69, 9.17) is 0 Å². The number of amides is 1. The first-order valence-electron chi connectivity index (χ1n) is 8.49. The smallest absolute Gasteiger partial charge is 0.251 e. The van der Waals surface area contributed by atoms with Crippen LogP contribution in [0.3, 0.4) is 0 Å². The van der Waals surface area contributed by atoms with Crippen LogP contribution in [-0.4, -0.2) is 28.6 Å². The van der Waals surface area contributed by atoms with Crippen molar-refractivity contribution in [1.82, 2.24) is 15.2 Å². The van der Waals surface area contributed by atoms with Crippen LogP contribution in [-0.2, 0) is 0 Å². The van der Waals surface area contributed by atoms with E-state index in [9.17, 15) is 4.79 Å². The maximum Gasteiger partial charge on any atom is 0.251 e. The molecule has 0 spiro atoms. The molecule has 0 aliphatic carbocycles. The van der Waals surface area contributed by atoms with Crippen LogP contribution >= 0.6 is 11.3 Å². The highest BCUT2D eigenvalue weighted by Crippen LogP contribution is 2.31. The minimum atomic E-state index is 0.0425. The molecule has 3 aromatic rings. The van der Waals surface area contributed by atoms with E-state index in [-0.39, 0.29) is 11.9 Å². The fourth-order valence-electron chi connectivity index (χ4n) is 4.09. The molecule has 1 aromatic carbocycles. The van der Waals surface area contributed by atoms with E-state index in [1.165, 1.54) is 17.5 Å². The summed E-state index contributed by atoms with van der Waals surface area (Å²) in [5.41, 5.74) is 1.88. The van der Waals surface area contributed by atoms with E-state index < -0.39 is 0 Å². The average molecular weight is 337 g/mol. The van der Waals surface area contributed by atoms with Gasteiger partial charge in [-0.05, 0) is 49.6 Å². The molecule has 5 rings (SSSR count). The molecule has 0 unspecified atom stereocenters. The Labute approximate surface area is 144 Å². The predicted octanol–water partition coefficient (Wildman–Crippen LogP) is 3.31. The summed E-state index contributed by atoms with van der Waals surface area (Å²) in [6.07, 6.45) is 7.56. The molecular weight excluding hydrogens is 318 g/mol. The van der Waals surface area contributed by atoms with Crippen molar-refractivity contribution in [2.24, 2.45) is 0 Å².